The van der Waals surface area contributed by atoms with E-state index in [9.17, 15) is 4.46 Å². The summed E-state index contributed by atoms with van der Waals surface area (Å²) in [6.07, 6.45) is 0. The normalized spacial score (nSPS) is 7.00. The van der Waals surface area contributed by atoms with Crippen LogP contribution in [0.15, 0.2) is 0 Å². The Bertz CT molecular complexity index is 48.8. The van der Waals surface area contributed by atoms with Crippen molar-refractivity contribution in [1.82, 2.24) is 0 Å². The molecular formula is HIO3SSi. The van der Waals surface area contributed by atoms with Crippen LogP contribution in [0.1, 0.15) is 0 Å². The molecule has 0 unspecified atom stereocenters. The third-order valence-corrected chi connectivity index (χ3v) is 1.94. The van der Waals surface area contributed by atoms with Gasteiger partial charge in [0.2, 0.25) is 0 Å². The van der Waals surface area contributed by atoms with Gasteiger partial charge in [-0.2, -0.15) is 0 Å². The van der Waals surface area contributed by atoms with E-state index >= 15 is 0 Å². The Hall–Kier alpha value is 0.697. The van der Waals surface area contributed by atoms with Crippen molar-refractivity contribution in [2.45, 2.75) is 0 Å². The Labute approximate surface area is 56.2 Å². The highest BCUT2D eigenvalue weighted by Gasteiger charge is 2.04. The molecule has 0 aromatic rings. The summed E-state index contributed by atoms with van der Waals surface area (Å²) in [6.45, 7) is 0. The minimum atomic E-state index is -2.27. The first-order chi connectivity index (χ1) is 2.81. The molecular weight excluding hydrogens is 235 g/mol. The quantitative estimate of drug-likeness (QED) is 0.330. The zero-order chi connectivity index (χ0) is 4.99. The van der Waals surface area contributed by atoms with E-state index in [-0.39, 0.29) is 0 Å². The summed E-state index contributed by atoms with van der Waals surface area (Å²) in [4.78, 5) is 0. The van der Waals surface area contributed by atoms with Crippen molar-refractivity contribution in [3.8, 4) is 0 Å². The van der Waals surface area contributed by atoms with E-state index < -0.39 is 9.17 Å². The van der Waals surface area contributed by atoms with Crippen LogP contribution in [0, 0.1) is 0 Å². The highest BCUT2D eigenvalue weighted by atomic mass is 127. The van der Waals surface area contributed by atoms with E-state index in [4.69, 9.17) is 0 Å². The summed E-state index contributed by atoms with van der Waals surface area (Å²) in [6, 6.07) is 0. The molecule has 0 amide bonds. The minimum Gasteiger partial charge on any atom is -0.429 e. The molecule has 0 aromatic heterocycles. The molecule has 0 radical (unpaired) electrons. The fourth-order valence-corrected chi connectivity index (χ4v) is 0.850. The summed E-state index contributed by atoms with van der Waals surface area (Å²) in [7, 11) is -2.27. The molecule has 6 heavy (non-hydrogen) atoms. The van der Waals surface area contributed by atoms with Crippen molar-refractivity contribution < 1.29 is 11.1 Å². The summed E-state index contributed by atoms with van der Waals surface area (Å²) in [5, 5.41) is 0. The minimum absolute atomic E-state index is 1.47. The molecule has 0 atom stereocenters. The number of thiol groups is 1. The maximum atomic E-state index is 9.84. The van der Waals surface area contributed by atoms with Crippen LogP contribution >= 0.6 is 35.9 Å². The summed E-state index contributed by atoms with van der Waals surface area (Å²) >= 11 is 4.67. The van der Waals surface area contributed by atoms with Gasteiger partial charge in [0.1, 0.15) is 0 Å². The van der Waals surface area contributed by atoms with Crippen molar-refractivity contribution in [3.63, 3.8) is 0 Å². The Morgan fingerprint density at radius 1 is 1.83 bits per heavy atom. The molecule has 0 rings (SSSR count). The second kappa shape index (κ2) is 3.87. The van der Waals surface area contributed by atoms with Crippen LogP contribution in [0.2, 0.25) is 0 Å². The van der Waals surface area contributed by atoms with Crippen LogP contribution in [-0.4, -0.2) is 9.17 Å². The number of hydrogen-bond donors (Lipinski definition) is 1. The predicted molar refractivity (Wildman–Crippen MR) is 31.6 cm³/mol. The van der Waals surface area contributed by atoms with Gasteiger partial charge in [-0.05, 0) is 0 Å². The lowest BCUT2D eigenvalue weighted by atomic mass is 15.8. The fraction of sp³-hybridized carbons (Fsp3) is 0. The Morgan fingerprint density at radius 2 is 2.33 bits per heavy atom. The van der Waals surface area contributed by atoms with Crippen molar-refractivity contribution in [2.75, 3.05) is 0 Å². The molecule has 0 N–H and O–H groups in total. The molecule has 6 heteroatoms. The molecule has 0 aliphatic rings. The lowest BCUT2D eigenvalue weighted by Gasteiger charge is -1.82. The zero-order valence-electron chi connectivity index (χ0n) is 2.55. The van der Waals surface area contributed by atoms with Crippen LogP contribution in [0.4, 0.5) is 0 Å². The zero-order valence-corrected chi connectivity index (χ0v) is 6.60. The number of halogens is 1. The van der Waals surface area contributed by atoms with E-state index in [1.54, 1.807) is 0 Å². The SMILES string of the molecule is O=[Si](OS)OI. The van der Waals surface area contributed by atoms with Crippen LogP contribution in [0.25, 0.3) is 0 Å². The van der Waals surface area contributed by atoms with Gasteiger partial charge in [-0.15, -0.1) is 0 Å². The molecule has 0 saturated heterocycles. The second-order valence-electron chi connectivity index (χ2n) is 0.418. The molecule has 0 aliphatic carbocycles. The lowest BCUT2D eigenvalue weighted by Crippen LogP contribution is -1.96. The molecule has 0 heterocycles. The van der Waals surface area contributed by atoms with E-state index in [2.05, 4.69) is 19.5 Å². The van der Waals surface area contributed by atoms with E-state index in [1.165, 1.54) is 23.0 Å². The Morgan fingerprint density at radius 3 is 2.33 bits per heavy atom. The highest BCUT2D eigenvalue weighted by Crippen LogP contribution is 1.87. The molecule has 0 saturated carbocycles. The predicted octanol–water partition coefficient (Wildman–Crippen LogP) is 0.630. The van der Waals surface area contributed by atoms with Gasteiger partial charge in [0.25, 0.3) is 0 Å². The summed E-state index contributed by atoms with van der Waals surface area (Å²) in [5.41, 5.74) is 0. The Balaban J connectivity index is 2.99. The van der Waals surface area contributed by atoms with Gasteiger partial charge in [0, 0.05) is 12.9 Å². The monoisotopic (exact) mass is 236 g/mol. The van der Waals surface area contributed by atoms with Crippen LogP contribution < -0.4 is 0 Å². The molecule has 0 aromatic carbocycles. The fourth-order valence-electron chi connectivity index (χ4n) is 0.0141. The third-order valence-electron chi connectivity index (χ3n) is 0.138. The van der Waals surface area contributed by atoms with E-state index in [1.807, 2.05) is 0 Å². The van der Waals surface area contributed by atoms with Crippen LogP contribution in [-0.2, 0) is 11.1 Å². The third kappa shape index (κ3) is 2.91. The van der Waals surface area contributed by atoms with Gasteiger partial charge >= 0.3 is 9.17 Å². The molecule has 0 bridgehead atoms. The summed E-state index contributed by atoms with van der Waals surface area (Å²) in [5.74, 6) is 0. The van der Waals surface area contributed by atoms with Crippen molar-refractivity contribution in [1.29, 1.82) is 0 Å². The molecule has 36 valence electrons. The first kappa shape index (κ1) is 6.70. The largest absolute Gasteiger partial charge is 0.790 e. The maximum absolute atomic E-state index is 9.84. The van der Waals surface area contributed by atoms with Crippen LogP contribution in [0.5, 0.6) is 0 Å². The average molecular weight is 236 g/mol. The smallest absolute Gasteiger partial charge is 0.429 e. The van der Waals surface area contributed by atoms with Gasteiger partial charge < -0.3 is 6.63 Å². The van der Waals surface area contributed by atoms with E-state index in [0.29, 0.717) is 0 Å². The number of rotatable bonds is 2. The highest BCUT2D eigenvalue weighted by molar-refractivity contribution is 14.1. The van der Waals surface area contributed by atoms with Gasteiger partial charge in [0.05, 0.1) is 0 Å². The maximum Gasteiger partial charge on any atom is 0.790 e. The first-order valence-electron chi connectivity index (χ1n) is 0.949. The van der Waals surface area contributed by atoms with E-state index in [0.717, 1.165) is 0 Å². The van der Waals surface area contributed by atoms with Crippen molar-refractivity contribution in [3.05, 3.63) is 0 Å². The first-order valence-corrected chi connectivity index (χ1v) is 3.42. The topological polar surface area (TPSA) is 35.5 Å². The second-order valence-corrected chi connectivity index (χ2v) is 3.12. The molecule has 0 aliphatic heterocycles. The van der Waals surface area contributed by atoms with Gasteiger partial charge in [0.15, 0.2) is 23.0 Å². The van der Waals surface area contributed by atoms with Crippen molar-refractivity contribution >= 4 is 45.1 Å². The van der Waals surface area contributed by atoms with Crippen LogP contribution in [0.3, 0.4) is 0 Å². The van der Waals surface area contributed by atoms with Crippen molar-refractivity contribution in [2.24, 2.45) is 0 Å². The van der Waals surface area contributed by atoms with Gasteiger partial charge in [-0.3, -0.25) is 4.46 Å². The molecule has 0 fully saturated rings. The number of hydrogen-bond acceptors (Lipinski definition) is 4. The molecule has 3 nitrogen and oxygen atoms in total. The Kier molecular flexibility index (Phi) is 4.32. The standard InChI is InChI=1S/HIO3SSi/c1-3-6(2)4-5/h5H. The average Bonchev–Trinajstić information content (AvgIpc) is 1.65. The summed E-state index contributed by atoms with van der Waals surface area (Å²) < 4.78 is 17.9. The lowest BCUT2D eigenvalue weighted by molar-refractivity contribution is 0.412. The van der Waals surface area contributed by atoms with Gasteiger partial charge in [-0.25, -0.2) is 0 Å². The van der Waals surface area contributed by atoms with Gasteiger partial charge in [-0.1, -0.05) is 0 Å². The molecule has 0 spiro atoms.